The molecule has 0 saturated heterocycles. The van der Waals surface area contributed by atoms with E-state index in [-0.39, 0.29) is 22.4 Å². The number of nitrogens with two attached hydrogens (primary N) is 2. The molecule has 12 heteroatoms. The van der Waals surface area contributed by atoms with Crippen LogP contribution in [0.5, 0.6) is 0 Å². The molecule has 258 valence electrons. The summed E-state index contributed by atoms with van der Waals surface area (Å²) in [6.07, 6.45) is 0. The Morgan fingerprint density at radius 1 is 0.408 bits per heavy atom. The fourth-order valence-electron chi connectivity index (χ4n) is 4.82. The van der Waals surface area contributed by atoms with Crippen molar-refractivity contribution in [2.24, 2.45) is 0 Å². The summed E-state index contributed by atoms with van der Waals surface area (Å²) in [6, 6.07) is 59.1. The van der Waals surface area contributed by atoms with Gasteiger partial charge in [-0.1, -0.05) is 97.1 Å². The van der Waals surface area contributed by atoms with Crippen molar-refractivity contribution in [3.05, 3.63) is 170 Å². The van der Waals surface area contributed by atoms with Gasteiger partial charge in [-0.3, -0.25) is 0 Å². The van der Waals surface area contributed by atoms with Gasteiger partial charge in [0.15, 0.2) is 0 Å². The standard InChI is InChI=1S/2C18H16NP.CH2Cl2.BF4.Cu/c2*19-17-13-7-8-14-18(17)20(15-9-3-1-4-10-15)16-11-5-2-6-12-16;2-1-3;2-1(3,4)5;/h2*1-14H,19H2;1H2;;/q;;;-1;+1/p+2. The molecule has 0 aliphatic heterocycles. The maximum Gasteiger partial charge on any atom is 1.00 e. The molecule has 0 radical (unpaired) electrons. The molecule has 0 aliphatic carbocycles. The van der Waals surface area contributed by atoms with Gasteiger partial charge >= 0.3 is 24.3 Å². The molecule has 0 unspecified atom stereocenters. The van der Waals surface area contributed by atoms with Crippen LogP contribution in [-0.4, -0.2) is 12.6 Å². The van der Waals surface area contributed by atoms with Gasteiger partial charge in [0, 0.05) is 0 Å². The van der Waals surface area contributed by atoms with Crippen LogP contribution in [0.15, 0.2) is 170 Å². The molecule has 0 aliphatic rings. The number of halogens is 6. The first-order valence-corrected chi connectivity index (χ1v) is 18.9. The fraction of sp³-hybridized carbons (Fsp3) is 0.0270. The average molecular weight is 792 g/mol. The molecule has 0 aromatic heterocycles. The average Bonchev–Trinajstić information content (AvgIpc) is 3.09. The number of alkyl halides is 2. The Kier molecular flexibility index (Phi) is 19.1. The van der Waals surface area contributed by atoms with E-state index in [0.29, 0.717) is 0 Å². The van der Waals surface area contributed by atoms with E-state index in [9.17, 15) is 17.3 Å². The van der Waals surface area contributed by atoms with Gasteiger partial charge in [-0.15, -0.1) is 23.2 Å². The number of anilines is 2. The third kappa shape index (κ3) is 14.6. The molecule has 6 rings (SSSR count). The summed E-state index contributed by atoms with van der Waals surface area (Å²) in [5.41, 5.74) is 14.2. The summed E-state index contributed by atoms with van der Waals surface area (Å²) in [6.45, 7) is 0. The van der Waals surface area contributed by atoms with Crippen LogP contribution in [0.2, 0.25) is 0 Å². The Labute approximate surface area is 308 Å². The zero-order valence-electron chi connectivity index (χ0n) is 26.2. The molecule has 0 heterocycles. The Hall–Kier alpha value is -3.34. The summed E-state index contributed by atoms with van der Waals surface area (Å²) in [5.74, 6) is 0. The largest absolute Gasteiger partial charge is 1.00 e. The molecule has 0 bridgehead atoms. The van der Waals surface area contributed by atoms with Gasteiger partial charge < -0.3 is 28.7 Å². The zero-order valence-corrected chi connectivity index (χ0v) is 30.6. The molecular formula is C37H36BCl2CuF4N2P2+2. The van der Waals surface area contributed by atoms with Gasteiger partial charge in [-0.2, -0.15) is 0 Å². The van der Waals surface area contributed by atoms with Gasteiger partial charge in [0.1, 0.15) is 47.7 Å². The van der Waals surface area contributed by atoms with Crippen LogP contribution in [0.25, 0.3) is 0 Å². The Morgan fingerprint density at radius 3 is 0.796 bits per heavy atom. The van der Waals surface area contributed by atoms with E-state index in [1.807, 2.05) is 24.3 Å². The third-order valence-electron chi connectivity index (χ3n) is 6.71. The van der Waals surface area contributed by atoms with Crippen LogP contribution < -0.4 is 43.3 Å². The van der Waals surface area contributed by atoms with E-state index >= 15 is 0 Å². The predicted octanol–water partition coefficient (Wildman–Crippen LogP) is 8.24. The Balaban J connectivity index is 0.000000275. The Bertz CT molecular complexity index is 1550. The second-order valence-corrected chi connectivity index (χ2v) is 15.7. The number of para-hydroxylation sites is 2. The number of benzene rings is 6. The first-order chi connectivity index (χ1) is 23.1. The molecule has 6 aromatic carbocycles. The SMILES string of the molecule is ClCCl.F[B-](F)(F)F.Nc1ccccc1[PH+](c1ccccc1)c1ccccc1.Nc1ccccc1[PH+](c1ccccc1)c1ccccc1.[Cu+]. The number of nitrogen functional groups attached to an aromatic ring is 2. The van der Waals surface area contributed by atoms with Crippen molar-refractivity contribution in [3.8, 4) is 0 Å². The predicted molar refractivity (Wildman–Crippen MR) is 209 cm³/mol. The zero-order chi connectivity index (χ0) is 34.8. The number of hydrogen-bond donors (Lipinski definition) is 2. The molecule has 0 spiro atoms. The Morgan fingerprint density at radius 2 is 0.592 bits per heavy atom. The minimum atomic E-state index is -6.00. The number of rotatable bonds is 6. The molecular weight excluding hydrogens is 756 g/mol. The summed E-state index contributed by atoms with van der Waals surface area (Å²) in [4.78, 5) is 0. The van der Waals surface area contributed by atoms with Gasteiger partial charge in [0.05, 0.1) is 16.7 Å². The molecule has 0 fully saturated rings. The van der Waals surface area contributed by atoms with Crippen molar-refractivity contribution in [1.82, 2.24) is 0 Å². The quantitative estimate of drug-likeness (QED) is 0.0588. The second-order valence-electron chi connectivity index (χ2n) is 9.98. The van der Waals surface area contributed by atoms with Crippen LogP contribution in [0.3, 0.4) is 0 Å². The molecule has 0 atom stereocenters. The van der Waals surface area contributed by atoms with Crippen LogP contribution in [0.4, 0.5) is 28.6 Å². The minimum absolute atomic E-state index is 0. The maximum absolute atomic E-state index is 9.75. The monoisotopic (exact) mass is 790 g/mol. The first-order valence-electron chi connectivity index (χ1n) is 14.8. The van der Waals surface area contributed by atoms with Crippen molar-refractivity contribution in [3.63, 3.8) is 0 Å². The van der Waals surface area contributed by atoms with Crippen molar-refractivity contribution in [1.29, 1.82) is 0 Å². The van der Waals surface area contributed by atoms with Crippen molar-refractivity contribution < 1.29 is 34.3 Å². The molecule has 0 amide bonds. The van der Waals surface area contributed by atoms with Crippen LogP contribution in [-0.2, 0) is 17.1 Å². The van der Waals surface area contributed by atoms with E-state index < -0.39 is 23.1 Å². The van der Waals surface area contributed by atoms with Gasteiger partial charge in [-0.25, -0.2) is 0 Å². The molecule has 4 N–H and O–H groups in total. The molecule has 6 aromatic rings. The van der Waals surface area contributed by atoms with E-state index in [2.05, 4.69) is 146 Å². The molecule has 2 nitrogen and oxygen atoms in total. The van der Waals surface area contributed by atoms with E-state index in [0.717, 1.165) is 11.4 Å². The normalized spacial score (nSPS) is 10.3. The molecule has 49 heavy (non-hydrogen) atoms. The van der Waals surface area contributed by atoms with E-state index in [1.165, 1.54) is 31.8 Å². The van der Waals surface area contributed by atoms with Gasteiger partial charge in [0.25, 0.3) is 0 Å². The molecule has 0 saturated carbocycles. The van der Waals surface area contributed by atoms with Crippen LogP contribution >= 0.6 is 39.0 Å². The number of hydrogen-bond acceptors (Lipinski definition) is 2. The van der Waals surface area contributed by atoms with E-state index in [4.69, 9.17) is 34.7 Å². The second kappa shape index (κ2) is 22.4. The summed E-state index contributed by atoms with van der Waals surface area (Å²) < 4.78 is 39.0. The van der Waals surface area contributed by atoms with Crippen molar-refractivity contribution >= 4 is 89.5 Å². The first kappa shape index (κ1) is 41.8. The topological polar surface area (TPSA) is 52.0 Å². The summed E-state index contributed by atoms with van der Waals surface area (Å²) >= 11 is 9.53. The fourth-order valence-corrected chi connectivity index (χ4v) is 10.1. The van der Waals surface area contributed by atoms with Gasteiger partial charge in [0.2, 0.25) is 0 Å². The van der Waals surface area contributed by atoms with Crippen LogP contribution in [0.1, 0.15) is 0 Å². The maximum atomic E-state index is 9.75. The van der Waals surface area contributed by atoms with Gasteiger partial charge in [-0.05, 0) is 72.8 Å². The van der Waals surface area contributed by atoms with Crippen molar-refractivity contribution in [2.45, 2.75) is 0 Å². The summed E-state index contributed by atoms with van der Waals surface area (Å²) in [7, 11) is -8.06. The summed E-state index contributed by atoms with van der Waals surface area (Å²) in [5, 5.41) is 8.16. The van der Waals surface area contributed by atoms with E-state index in [1.54, 1.807) is 0 Å². The third-order valence-corrected chi connectivity index (χ3v) is 12.3. The smallest absolute Gasteiger partial charge is 0.418 e. The van der Waals surface area contributed by atoms with Crippen molar-refractivity contribution in [2.75, 3.05) is 16.8 Å². The van der Waals surface area contributed by atoms with Crippen LogP contribution in [0, 0.1) is 0 Å². The minimum Gasteiger partial charge on any atom is -0.418 e.